The highest BCUT2D eigenvalue weighted by molar-refractivity contribution is 8.00. The maximum Gasteiger partial charge on any atom is 0.325 e. The fraction of sp³-hybridized carbons (Fsp3) is 0.385. The number of aryl methyl sites for hydroxylation is 1. The van der Waals surface area contributed by atoms with Crippen molar-refractivity contribution in [2.24, 2.45) is 0 Å². The molecule has 0 aliphatic carbocycles. The van der Waals surface area contributed by atoms with E-state index in [4.69, 9.17) is 0 Å². The van der Waals surface area contributed by atoms with Gasteiger partial charge in [-0.05, 0) is 18.1 Å². The number of hydrogen-bond donors (Lipinski definition) is 0. The molecule has 18 heavy (non-hydrogen) atoms. The van der Waals surface area contributed by atoms with Gasteiger partial charge in [-0.1, -0.05) is 24.3 Å². The Morgan fingerprint density at radius 2 is 2.22 bits per heavy atom. The van der Waals surface area contributed by atoms with Gasteiger partial charge in [0.05, 0.1) is 12.9 Å². The van der Waals surface area contributed by atoms with Crippen molar-refractivity contribution in [3.8, 4) is 0 Å². The van der Waals surface area contributed by atoms with Crippen LogP contribution in [0, 0.1) is 6.92 Å². The Balaban J connectivity index is 2.24. The number of thioether (sulfide) groups is 1. The average molecular weight is 265 g/mol. The minimum Gasteiger partial charge on any atom is -0.468 e. The van der Waals surface area contributed by atoms with Gasteiger partial charge in [0, 0.05) is 0 Å². The van der Waals surface area contributed by atoms with Crippen molar-refractivity contribution in [2.45, 2.75) is 12.3 Å². The normalized spacial score (nSPS) is 19.1. The molecule has 0 bridgehead atoms. The van der Waals surface area contributed by atoms with E-state index < -0.39 is 0 Å². The van der Waals surface area contributed by atoms with Crippen LogP contribution in [0.2, 0.25) is 0 Å². The summed E-state index contributed by atoms with van der Waals surface area (Å²) in [4.78, 5) is 24.7. The second-order valence-electron chi connectivity index (χ2n) is 4.12. The first-order valence-corrected chi connectivity index (χ1v) is 6.71. The van der Waals surface area contributed by atoms with Crippen LogP contribution in [0.1, 0.15) is 16.5 Å². The molecule has 1 atom stereocenters. The van der Waals surface area contributed by atoms with Crippen molar-refractivity contribution < 1.29 is 14.3 Å². The topological polar surface area (TPSA) is 46.6 Å². The highest BCUT2D eigenvalue weighted by Crippen LogP contribution is 2.39. The number of rotatable bonds is 3. The van der Waals surface area contributed by atoms with Crippen LogP contribution in [-0.2, 0) is 14.3 Å². The van der Waals surface area contributed by atoms with E-state index >= 15 is 0 Å². The molecule has 1 aliphatic heterocycles. The first-order valence-electron chi connectivity index (χ1n) is 5.67. The van der Waals surface area contributed by atoms with E-state index in [-0.39, 0.29) is 23.8 Å². The van der Waals surface area contributed by atoms with E-state index in [1.54, 1.807) is 16.7 Å². The molecule has 2 rings (SSSR count). The highest BCUT2D eigenvalue weighted by Gasteiger charge is 2.34. The van der Waals surface area contributed by atoms with Crippen molar-refractivity contribution in [1.29, 1.82) is 0 Å². The summed E-state index contributed by atoms with van der Waals surface area (Å²) in [6, 6.07) is 7.91. The lowest BCUT2D eigenvalue weighted by Crippen LogP contribution is -2.34. The van der Waals surface area contributed by atoms with Crippen LogP contribution >= 0.6 is 11.8 Å². The molecule has 1 aliphatic rings. The fourth-order valence-corrected chi connectivity index (χ4v) is 3.23. The molecule has 0 radical (unpaired) electrons. The second kappa shape index (κ2) is 5.44. The zero-order valence-electron chi connectivity index (χ0n) is 10.4. The Hall–Kier alpha value is -1.49. The number of methoxy groups -OCH3 is 1. The van der Waals surface area contributed by atoms with Gasteiger partial charge in [-0.3, -0.25) is 9.59 Å². The average Bonchev–Trinajstić information content (AvgIpc) is 2.72. The third-order valence-electron chi connectivity index (χ3n) is 2.95. The van der Waals surface area contributed by atoms with Gasteiger partial charge in [0.25, 0.3) is 0 Å². The minimum absolute atomic E-state index is 0.0151. The Labute approximate surface area is 110 Å². The van der Waals surface area contributed by atoms with Crippen LogP contribution in [0.3, 0.4) is 0 Å². The molecule has 1 amide bonds. The predicted octanol–water partition coefficient (Wildman–Crippen LogP) is 1.74. The van der Waals surface area contributed by atoms with Gasteiger partial charge in [-0.15, -0.1) is 11.8 Å². The molecular weight excluding hydrogens is 250 g/mol. The second-order valence-corrected chi connectivity index (χ2v) is 5.19. The molecule has 0 aromatic heterocycles. The van der Waals surface area contributed by atoms with Crippen LogP contribution in [0.5, 0.6) is 0 Å². The summed E-state index contributed by atoms with van der Waals surface area (Å²) in [5, 5.41) is -0.0854. The summed E-state index contributed by atoms with van der Waals surface area (Å²) in [5.74, 6) is 0.0128. The molecule has 1 unspecified atom stereocenters. The zero-order valence-corrected chi connectivity index (χ0v) is 11.2. The van der Waals surface area contributed by atoms with Gasteiger partial charge in [0.15, 0.2) is 0 Å². The Kier molecular flexibility index (Phi) is 3.91. The van der Waals surface area contributed by atoms with Crippen LogP contribution in [0.4, 0.5) is 0 Å². The number of ether oxygens (including phenoxy) is 1. The van der Waals surface area contributed by atoms with E-state index in [2.05, 4.69) is 4.74 Å². The van der Waals surface area contributed by atoms with E-state index in [1.807, 2.05) is 31.2 Å². The smallest absolute Gasteiger partial charge is 0.325 e. The van der Waals surface area contributed by atoms with E-state index in [0.717, 1.165) is 11.1 Å². The van der Waals surface area contributed by atoms with Gasteiger partial charge in [0.1, 0.15) is 11.9 Å². The summed E-state index contributed by atoms with van der Waals surface area (Å²) in [6.07, 6.45) is 0. The lowest BCUT2D eigenvalue weighted by Gasteiger charge is -2.24. The zero-order chi connectivity index (χ0) is 13.1. The summed E-state index contributed by atoms with van der Waals surface area (Å²) in [5.41, 5.74) is 2.21. The Morgan fingerprint density at radius 3 is 2.89 bits per heavy atom. The van der Waals surface area contributed by atoms with Crippen LogP contribution in [-0.4, -0.2) is 36.2 Å². The summed E-state index contributed by atoms with van der Waals surface area (Å²) in [7, 11) is 1.33. The van der Waals surface area contributed by atoms with Crippen LogP contribution in [0.25, 0.3) is 0 Å². The maximum atomic E-state index is 11.8. The molecule has 1 saturated heterocycles. The van der Waals surface area contributed by atoms with Crippen LogP contribution in [0.15, 0.2) is 24.3 Å². The fourth-order valence-electron chi connectivity index (χ4n) is 1.95. The van der Waals surface area contributed by atoms with Crippen molar-refractivity contribution in [1.82, 2.24) is 4.90 Å². The molecule has 1 fully saturated rings. The van der Waals surface area contributed by atoms with Gasteiger partial charge in [-0.2, -0.15) is 0 Å². The Morgan fingerprint density at radius 1 is 1.50 bits per heavy atom. The highest BCUT2D eigenvalue weighted by atomic mass is 32.2. The van der Waals surface area contributed by atoms with E-state index in [9.17, 15) is 9.59 Å². The number of carbonyl (C=O) groups is 2. The van der Waals surface area contributed by atoms with Crippen LogP contribution < -0.4 is 0 Å². The number of amides is 1. The van der Waals surface area contributed by atoms with Gasteiger partial charge in [0.2, 0.25) is 5.91 Å². The quantitative estimate of drug-likeness (QED) is 0.781. The maximum absolute atomic E-state index is 11.8. The SMILES string of the molecule is COC(=O)CN1C(=O)CSC1c1ccccc1C. The number of nitrogens with zero attached hydrogens (tertiary/aromatic N) is 1. The third-order valence-corrected chi connectivity index (χ3v) is 4.19. The molecular formula is C13H15NO3S. The van der Waals surface area contributed by atoms with E-state index in [1.165, 1.54) is 7.11 Å². The van der Waals surface area contributed by atoms with Gasteiger partial charge in [-0.25, -0.2) is 0 Å². The molecule has 1 aromatic rings. The summed E-state index contributed by atoms with van der Waals surface area (Å²) >= 11 is 1.55. The number of hydrogen-bond acceptors (Lipinski definition) is 4. The first kappa shape index (κ1) is 13.0. The lowest BCUT2D eigenvalue weighted by atomic mass is 10.1. The molecule has 0 N–H and O–H groups in total. The number of esters is 1. The Bertz CT molecular complexity index is 475. The van der Waals surface area contributed by atoms with E-state index in [0.29, 0.717) is 5.75 Å². The molecule has 1 heterocycles. The number of benzene rings is 1. The minimum atomic E-state index is -0.385. The largest absolute Gasteiger partial charge is 0.468 e. The molecule has 4 nitrogen and oxygen atoms in total. The summed E-state index contributed by atoms with van der Waals surface area (Å²) < 4.78 is 4.63. The standard InChI is InChI=1S/C13H15NO3S/c1-9-5-3-4-6-10(9)13-14(7-12(16)17-2)11(15)8-18-13/h3-6,13H,7-8H2,1-2H3. The first-order chi connectivity index (χ1) is 8.63. The van der Waals surface area contributed by atoms with Crippen molar-refractivity contribution >= 4 is 23.6 Å². The predicted molar refractivity (Wildman–Crippen MR) is 70.1 cm³/mol. The molecule has 0 spiro atoms. The van der Waals surface area contributed by atoms with Crippen molar-refractivity contribution in [3.05, 3.63) is 35.4 Å². The molecule has 5 heteroatoms. The number of carbonyl (C=O) groups excluding carboxylic acids is 2. The van der Waals surface area contributed by atoms with Crippen molar-refractivity contribution in [3.63, 3.8) is 0 Å². The molecule has 1 aromatic carbocycles. The van der Waals surface area contributed by atoms with Gasteiger partial charge < -0.3 is 9.64 Å². The van der Waals surface area contributed by atoms with Gasteiger partial charge >= 0.3 is 5.97 Å². The molecule has 96 valence electrons. The lowest BCUT2D eigenvalue weighted by molar-refractivity contribution is -0.146. The third kappa shape index (κ3) is 2.51. The molecule has 0 saturated carbocycles. The summed E-state index contributed by atoms with van der Waals surface area (Å²) in [6.45, 7) is 2.02. The van der Waals surface area contributed by atoms with Crippen molar-refractivity contribution in [2.75, 3.05) is 19.4 Å². The monoisotopic (exact) mass is 265 g/mol.